The van der Waals surface area contributed by atoms with Gasteiger partial charge in [0.1, 0.15) is 5.54 Å². The quantitative estimate of drug-likeness (QED) is 0.820. The molecule has 1 N–H and O–H groups in total. The van der Waals surface area contributed by atoms with Crippen LogP contribution in [0.5, 0.6) is 0 Å². The molecule has 2 rings (SSSR count). The van der Waals surface area contributed by atoms with E-state index in [2.05, 4.69) is 16.8 Å². The molecule has 3 nitrogen and oxygen atoms in total. The minimum atomic E-state index is -0.431. The van der Waals surface area contributed by atoms with E-state index in [1.165, 1.54) is 4.88 Å². The fourth-order valence-corrected chi connectivity index (χ4v) is 3.01. The number of hydrogen-bond acceptors (Lipinski definition) is 4. The highest BCUT2D eigenvalue weighted by Crippen LogP contribution is 2.31. The van der Waals surface area contributed by atoms with Gasteiger partial charge in [-0.25, -0.2) is 0 Å². The first-order valence-corrected chi connectivity index (χ1v) is 7.09. The number of ether oxygens (including phenoxy) is 1. The number of nitrogens with one attached hydrogen (secondary N) is 1. The summed E-state index contributed by atoms with van der Waals surface area (Å²) >= 11 is 1.72. The number of rotatable bonds is 5. The second-order valence-corrected chi connectivity index (χ2v) is 5.47. The standard InChI is InChI=1S/C13H19NO2S/c1-2-16-12(15)13(7-3-4-8-13)14-10-11-6-5-9-17-11/h5-6,9,14H,2-4,7-8,10H2,1H3. The molecule has 1 aromatic heterocycles. The minimum absolute atomic E-state index is 0.0749. The molecule has 1 saturated carbocycles. The Morgan fingerprint density at radius 3 is 2.88 bits per heavy atom. The first-order valence-electron chi connectivity index (χ1n) is 6.21. The maximum Gasteiger partial charge on any atom is 0.326 e. The van der Waals surface area contributed by atoms with Crippen LogP contribution in [0.25, 0.3) is 0 Å². The topological polar surface area (TPSA) is 38.3 Å². The van der Waals surface area contributed by atoms with E-state index in [-0.39, 0.29) is 5.97 Å². The molecule has 0 radical (unpaired) electrons. The molecule has 0 saturated heterocycles. The Morgan fingerprint density at radius 2 is 2.29 bits per heavy atom. The van der Waals surface area contributed by atoms with Gasteiger partial charge in [-0.1, -0.05) is 18.9 Å². The van der Waals surface area contributed by atoms with Gasteiger partial charge in [0.2, 0.25) is 0 Å². The number of esters is 1. The minimum Gasteiger partial charge on any atom is -0.465 e. The van der Waals surface area contributed by atoms with Gasteiger partial charge >= 0.3 is 5.97 Å². The van der Waals surface area contributed by atoms with Crippen LogP contribution in [-0.4, -0.2) is 18.1 Å². The van der Waals surface area contributed by atoms with Crippen molar-refractivity contribution in [1.82, 2.24) is 5.32 Å². The van der Waals surface area contributed by atoms with E-state index in [0.29, 0.717) is 6.61 Å². The molecule has 4 heteroatoms. The fraction of sp³-hybridized carbons (Fsp3) is 0.615. The van der Waals surface area contributed by atoms with E-state index < -0.39 is 5.54 Å². The lowest BCUT2D eigenvalue weighted by Crippen LogP contribution is -2.50. The van der Waals surface area contributed by atoms with Crippen LogP contribution in [-0.2, 0) is 16.1 Å². The van der Waals surface area contributed by atoms with Gasteiger partial charge in [0.05, 0.1) is 6.61 Å². The Balaban J connectivity index is 1.99. The Bertz CT molecular complexity index is 356. The zero-order chi connectivity index (χ0) is 12.1. The Morgan fingerprint density at radius 1 is 1.53 bits per heavy atom. The van der Waals surface area contributed by atoms with E-state index in [1.54, 1.807) is 11.3 Å². The van der Waals surface area contributed by atoms with Crippen LogP contribution < -0.4 is 5.32 Å². The SMILES string of the molecule is CCOC(=O)C1(NCc2cccs2)CCCC1. The predicted molar refractivity (Wildman–Crippen MR) is 69.0 cm³/mol. The molecule has 94 valence electrons. The number of hydrogen-bond donors (Lipinski definition) is 1. The summed E-state index contributed by atoms with van der Waals surface area (Å²) in [5, 5.41) is 5.48. The van der Waals surface area contributed by atoms with E-state index >= 15 is 0 Å². The van der Waals surface area contributed by atoms with Gasteiger partial charge in [-0.15, -0.1) is 11.3 Å². The average Bonchev–Trinajstić information content (AvgIpc) is 2.99. The monoisotopic (exact) mass is 253 g/mol. The largest absolute Gasteiger partial charge is 0.465 e. The normalized spacial score (nSPS) is 18.2. The highest BCUT2D eigenvalue weighted by atomic mass is 32.1. The summed E-state index contributed by atoms with van der Waals surface area (Å²) in [6.45, 7) is 3.08. The van der Waals surface area contributed by atoms with Crippen molar-refractivity contribution < 1.29 is 9.53 Å². The summed E-state index contributed by atoms with van der Waals surface area (Å²) < 4.78 is 5.20. The van der Waals surface area contributed by atoms with Crippen LogP contribution in [0.2, 0.25) is 0 Å². The lowest BCUT2D eigenvalue weighted by atomic mass is 9.98. The third kappa shape index (κ3) is 2.87. The Kier molecular flexibility index (Phi) is 4.18. The molecule has 0 aliphatic heterocycles. The molecule has 1 aromatic rings. The lowest BCUT2D eigenvalue weighted by Gasteiger charge is -2.27. The third-order valence-electron chi connectivity index (χ3n) is 3.30. The first-order chi connectivity index (χ1) is 8.27. The maximum absolute atomic E-state index is 12.0. The van der Waals surface area contributed by atoms with E-state index in [0.717, 1.165) is 32.2 Å². The van der Waals surface area contributed by atoms with Crippen molar-refractivity contribution in [2.45, 2.75) is 44.7 Å². The van der Waals surface area contributed by atoms with E-state index in [1.807, 2.05) is 13.0 Å². The zero-order valence-electron chi connectivity index (χ0n) is 10.2. The smallest absolute Gasteiger partial charge is 0.326 e. The molecule has 1 aliphatic carbocycles. The Labute approximate surface area is 106 Å². The molecule has 0 atom stereocenters. The van der Waals surface area contributed by atoms with Crippen molar-refractivity contribution in [2.24, 2.45) is 0 Å². The van der Waals surface area contributed by atoms with Gasteiger partial charge < -0.3 is 4.74 Å². The van der Waals surface area contributed by atoms with Crippen molar-refractivity contribution in [3.8, 4) is 0 Å². The van der Waals surface area contributed by atoms with Gasteiger partial charge in [0.15, 0.2) is 0 Å². The maximum atomic E-state index is 12.0. The number of carbonyl (C=O) groups is 1. The number of thiophene rings is 1. The van der Waals surface area contributed by atoms with Crippen LogP contribution in [0.1, 0.15) is 37.5 Å². The van der Waals surface area contributed by atoms with Crippen molar-refractivity contribution in [3.05, 3.63) is 22.4 Å². The van der Waals surface area contributed by atoms with Gasteiger partial charge in [0.25, 0.3) is 0 Å². The van der Waals surface area contributed by atoms with E-state index in [4.69, 9.17) is 4.74 Å². The van der Waals surface area contributed by atoms with E-state index in [9.17, 15) is 4.79 Å². The molecule has 0 amide bonds. The molecule has 1 heterocycles. The fourth-order valence-electron chi connectivity index (χ4n) is 2.37. The van der Waals surface area contributed by atoms with Crippen LogP contribution in [0.3, 0.4) is 0 Å². The second kappa shape index (κ2) is 5.65. The van der Waals surface area contributed by atoms with Crippen LogP contribution in [0.4, 0.5) is 0 Å². The summed E-state index contributed by atoms with van der Waals surface area (Å²) in [6.07, 6.45) is 4.01. The molecule has 0 spiro atoms. The zero-order valence-corrected chi connectivity index (χ0v) is 11.0. The summed E-state index contributed by atoms with van der Waals surface area (Å²) in [4.78, 5) is 13.3. The Hall–Kier alpha value is -0.870. The first kappa shape index (κ1) is 12.6. The van der Waals surface area contributed by atoms with Crippen LogP contribution >= 0.6 is 11.3 Å². The molecule has 1 fully saturated rings. The molecule has 1 aliphatic rings. The predicted octanol–water partition coefficient (Wildman–Crippen LogP) is 2.71. The molecule has 0 aromatic carbocycles. The van der Waals surface area contributed by atoms with Crippen LogP contribution in [0.15, 0.2) is 17.5 Å². The lowest BCUT2D eigenvalue weighted by molar-refractivity contribution is -0.151. The summed E-state index contributed by atoms with van der Waals surface area (Å²) in [7, 11) is 0. The average molecular weight is 253 g/mol. The third-order valence-corrected chi connectivity index (χ3v) is 4.18. The van der Waals surface area contributed by atoms with Crippen molar-refractivity contribution >= 4 is 17.3 Å². The van der Waals surface area contributed by atoms with Crippen LogP contribution in [0, 0.1) is 0 Å². The molecular weight excluding hydrogens is 234 g/mol. The highest BCUT2D eigenvalue weighted by Gasteiger charge is 2.41. The molecular formula is C13H19NO2S. The second-order valence-electron chi connectivity index (χ2n) is 4.44. The van der Waals surface area contributed by atoms with Crippen molar-refractivity contribution in [1.29, 1.82) is 0 Å². The van der Waals surface area contributed by atoms with Gasteiger partial charge in [0, 0.05) is 11.4 Å². The van der Waals surface area contributed by atoms with Crippen molar-refractivity contribution in [2.75, 3.05) is 6.61 Å². The molecule has 17 heavy (non-hydrogen) atoms. The molecule has 0 bridgehead atoms. The van der Waals surface area contributed by atoms with Gasteiger partial charge in [-0.05, 0) is 31.2 Å². The summed E-state index contributed by atoms with van der Waals surface area (Å²) in [5.74, 6) is -0.0749. The highest BCUT2D eigenvalue weighted by molar-refractivity contribution is 7.09. The van der Waals surface area contributed by atoms with Gasteiger partial charge in [-0.3, -0.25) is 10.1 Å². The van der Waals surface area contributed by atoms with Crippen molar-refractivity contribution in [3.63, 3.8) is 0 Å². The van der Waals surface area contributed by atoms with Gasteiger partial charge in [-0.2, -0.15) is 0 Å². The summed E-state index contributed by atoms with van der Waals surface area (Å²) in [6, 6.07) is 4.12. The molecule has 0 unspecified atom stereocenters. The number of carbonyl (C=O) groups excluding carboxylic acids is 1. The summed E-state index contributed by atoms with van der Waals surface area (Å²) in [5.41, 5.74) is -0.431.